The van der Waals surface area contributed by atoms with Crippen molar-refractivity contribution in [3.05, 3.63) is 27.4 Å². The highest BCUT2D eigenvalue weighted by atomic mass is 16.2. The Morgan fingerprint density at radius 3 is 2.29 bits per heavy atom. The van der Waals surface area contributed by atoms with Crippen LogP contribution in [0.4, 0.5) is 0 Å². The normalized spacial score (nSPS) is 14.6. The summed E-state index contributed by atoms with van der Waals surface area (Å²) >= 11 is 0. The molecule has 1 aromatic heterocycles. The van der Waals surface area contributed by atoms with Crippen LogP contribution in [-0.2, 0) is 4.79 Å². The summed E-state index contributed by atoms with van der Waals surface area (Å²) in [6.07, 6.45) is 0. The maximum absolute atomic E-state index is 12.1. The molecule has 2 atom stereocenters. The lowest BCUT2D eigenvalue weighted by atomic mass is 10.1. The van der Waals surface area contributed by atoms with Crippen molar-refractivity contribution in [2.24, 2.45) is 0 Å². The molecule has 0 aromatic carbocycles. The van der Waals surface area contributed by atoms with E-state index < -0.39 is 6.04 Å². The van der Waals surface area contributed by atoms with Crippen molar-refractivity contribution in [3.8, 4) is 0 Å². The number of amides is 1. The molecule has 6 nitrogen and oxygen atoms in total. The minimum absolute atomic E-state index is 0.0940. The molecule has 0 spiro atoms. The smallest absolute Gasteiger partial charge is 0.255 e. The molecule has 0 aliphatic rings. The van der Waals surface area contributed by atoms with Crippen molar-refractivity contribution in [1.82, 2.24) is 20.6 Å². The van der Waals surface area contributed by atoms with Crippen LogP contribution in [0.5, 0.6) is 0 Å². The van der Waals surface area contributed by atoms with Gasteiger partial charge in [0.25, 0.3) is 5.56 Å². The van der Waals surface area contributed by atoms with Crippen LogP contribution in [0.15, 0.2) is 4.79 Å². The lowest BCUT2D eigenvalue weighted by Gasteiger charge is -2.25. The predicted octanol–water partition coefficient (Wildman–Crippen LogP) is 1.34. The second-order valence-corrected chi connectivity index (χ2v) is 6.50. The summed E-state index contributed by atoms with van der Waals surface area (Å²) in [5.74, 6) is 0.496. The zero-order valence-corrected chi connectivity index (χ0v) is 13.9. The van der Waals surface area contributed by atoms with E-state index in [2.05, 4.69) is 20.6 Å². The quantitative estimate of drug-likeness (QED) is 0.782. The third-order valence-electron chi connectivity index (χ3n) is 3.09. The van der Waals surface area contributed by atoms with Crippen LogP contribution < -0.4 is 16.2 Å². The summed E-state index contributed by atoms with van der Waals surface area (Å²) in [4.78, 5) is 31.1. The molecule has 0 aliphatic carbocycles. The number of aryl methyl sites for hydroxylation is 2. The molecule has 0 radical (unpaired) electrons. The maximum Gasteiger partial charge on any atom is 0.255 e. The number of H-pyrrole nitrogens is 1. The first-order valence-corrected chi connectivity index (χ1v) is 7.16. The number of nitrogens with zero attached hydrogens (tertiary/aromatic N) is 1. The van der Waals surface area contributed by atoms with Gasteiger partial charge >= 0.3 is 0 Å². The number of nitrogens with one attached hydrogen (secondary N) is 3. The fourth-order valence-electron chi connectivity index (χ4n) is 2.26. The standard InChI is InChI=1S/C15H26N4O2/c1-8(12-9(2)17-11(4)18-14(12)21)16-10(3)13(20)19-15(5,6)7/h8,10,16H,1-7H3,(H,19,20)(H,17,18,21). The van der Waals surface area contributed by atoms with Gasteiger partial charge < -0.3 is 10.3 Å². The van der Waals surface area contributed by atoms with Crippen LogP contribution in [0.1, 0.15) is 57.7 Å². The Morgan fingerprint density at radius 2 is 1.81 bits per heavy atom. The highest BCUT2D eigenvalue weighted by Crippen LogP contribution is 2.12. The fraction of sp³-hybridized carbons (Fsp3) is 0.667. The van der Waals surface area contributed by atoms with Crippen molar-refractivity contribution in [1.29, 1.82) is 0 Å². The van der Waals surface area contributed by atoms with Crippen LogP contribution in [-0.4, -0.2) is 27.5 Å². The first kappa shape index (κ1) is 17.4. The van der Waals surface area contributed by atoms with Gasteiger partial charge in [-0.1, -0.05) is 0 Å². The summed E-state index contributed by atoms with van der Waals surface area (Å²) in [5.41, 5.74) is 0.800. The molecule has 3 N–H and O–H groups in total. The lowest BCUT2D eigenvalue weighted by Crippen LogP contribution is -2.50. The number of carbonyl (C=O) groups excluding carboxylic acids is 1. The molecule has 0 fully saturated rings. The molecule has 1 aromatic rings. The van der Waals surface area contributed by atoms with Gasteiger partial charge in [0.1, 0.15) is 5.82 Å². The topological polar surface area (TPSA) is 86.9 Å². The molecule has 21 heavy (non-hydrogen) atoms. The van der Waals surface area contributed by atoms with Crippen molar-refractivity contribution in [2.75, 3.05) is 0 Å². The molecule has 0 saturated carbocycles. The highest BCUT2D eigenvalue weighted by Gasteiger charge is 2.22. The van der Waals surface area contributed by atoms with Gasteiger partial charge in [0.2, 0.25) is 5.91 Å². The number of carbonyl (C=O) groups is 1. The Morgan fingerprint density at radius 1 is 1.24 bits per heavy atom. The number of hydrogen-bond acceptors (Lipinski definition) is 4. The summed E-state index contributed by atoms with van der Waals surface area (Å²) in [7, 11) is 0. The molecular weight excluding hydrogens is 268 g/mol. The number of aromatic amines is 1. The molecule has 2 unspecified atom stereocenters. The summed E-state index contributed by atoms with van der Waals surface area (Å²) < 4.78 is 0. The number of aromatic nitrogens is 2. The molecule has 6 heteroatoms. The molecule has 1 amide bonds. The molecule has 0 saturated heterocycles. The maximum atomic E-state index is 12.1. The van der Waals surface area contributed by atoms with Crippen LogP contribution in [0.25, 0.3) is 0 Å². The van der Waals surface area contributed by atoms with Crippen LogP contribution in [0, 0.1) is 13.8 Å². The average molecular weight is 294 g/mol. The van der Waals surface area contributed by atoms with E-state index >= 15 is 0 Å². The van der Waals surface area contributed by atoms with E-state index in [4.69, 9.17) is 0 Å². The average Bonchev–Trinajstić information content (AvgIpc) is 2.24. The Kier molecular flexibility index (Phi) is 5.28. The van der Waals surface area contributed by atoms with Gasteiger partial charge in [-0.15, -0.1) is 0 Å². The highest BCUT2D eigenvalue weighted by molar-refractivity contribution is 5.81. The molecule has 1 heterocycles. The first-order chi connectivity index (χ1) is 9.51. The van der Waals surface area contributed by atoms with Gasteiger partial charge in [0.05, 0.1) is 11.6 Å². The minimum atomic E-state index is -0.403. The van der Waals surface area contributed by atoms with Gasteiger partial charge in [-0.3, -0.25) is 14.9 Å². The van der Waals surface area contributed by atoms with Gasteiger partial charge in [0.15, 0.2) is 0 Å². The molecule has 0 bridgehead atoms. The lowest BCUT2D eigenvalue weighted by molar-refractivity contribution is -0.124. The summed E-state index contributed by atoms with van der Waals surface area (Å²) in [6.45, 7) is 13.0. The van der Waals surface area contributed by atoms with Crippen LogP contribution in [0.2, 0.25) is 0 Å². The monoisotopic (exact) mass is 294 g/mol. The van der Waals surface area contributed by atoms with Crippen molar-refractivity contribution in [3.63, 3.8) is 0 Å². The van der Waals surface area contributed by atoms with Crippen LogP contribution in [0.3, 0.4) is 0 Å². The zero-order chi connectivity index (χ0) is 16.4. The Bertz CT molecular complexity index is 572. The fourth-order valence-corrected chi connectivity index (χ4v) is 2.26. The predicted molar refractivity (Wildman–Crippen MR) is 83.2 cm³/mol. The Balaban J connectivity index is 2.85. The van der Waals surface area contributed by atoms with Crippen molar-refractivity contribution < 1.29 is 4.79 Å². The van der Waals surface area contributed by atoms with Gasteiger partial charge in [-0.2, -0.15) is 0 Å². The van der Waals surface area contributed by atoms with E-state index in [9.17, 15) is 9.59 Å². The second-order valence-electron chi connectivity index (χ2n) is 6.50. The molecular formula is C15H26N4O2. The van der Waals surface area contributed by atoms with E-state index in [1.807, 2.05) is 27.7 Å². The van der Waals surface area contributed by atoms with E-state index in [-0.39, 0.29) is 23.0 Å². The molecule has 0 aliphatic heterocycles. The third kappa shape index (κ3) is 4.97. The SMILES string of the molecule is Cc1nc(C)c(C(C)NC(C)C(=O)NC(C)(C)C)c(=O)[nH]1. The Labute approximate surface area is 125 Å². The van der Waals surface area contributed by atoms with E-state index in [0.717, 1.165) is 0 Å². The molecule has 118 valence electrons. The molecule has 1 rings (SSSR count). The zero-order valence-electron chi connectivity index (χ0n) is 13.9. The van der Waals surface area contributed by atoms with Gasteiger partial charge in [-0.25, -0.2) is 4.98 Å². The number of rotatable bonds is 4. The van der Waals surface area contributed by atoms with Crippen LogP contribution >= 0.6 is 0 Å². The van der Waals surface area contributed by atoms with Gasteiger partial charge in [0, 0.05) is 17.3 Å². The third-order valence-corrected chi connectivity index (χ3v) is 3.09. The van der Waals surface area contributed by atoms with E-state index in [1.165, 1.54) is 0 Å². The Hall–Kier alpha value is -1.69. The van der Waals surface area contributed by atoms with Crippen molar-refractivity contribution >= 4 is 5.91 Å². The summed E-state index contributed by atoms with van der Waals surface area (Å²) in [5, 5.41) is 6.06. The summed E-state index contributed by atoms with van der Waals surface area (Å²) in [6, 6.07) is -0.665. The van der Waals surface area contributed by atoms with Gasteiger partial charge in [-0.05, 0) is 48.5 Å². The minimum Gasteiger partial charge on any atom is -0.350 e. The van der Waals surface area contributed by atoms with E-state index in [0.29, 0.717) is 17.1 Å². The first-order valence-electron chi connectivity index (χ1n) is 7.16. The van der Waals surface area contributed by atoms with E-state index in [1.54, 1.807) is 20.8 Å². The largest absolute Gasteiger partial charge is 0.350 e. The number of hydrogen-bond donors (Lipinski definition) is 3. The van der Waals surface area contributed by atoms with Crippen molar-refractivity contribution in [2.45, 2.75) is 66.1 Å². The second kappa shape index (κ2) is 6.39.